The molecule has 0 aromatic heterocycles. The van der Waals surface area contributed by atoms with Crippen LogP contribution >= 0.6 is 0 Å². The number of nitrogens with two attached hydrogens (primary N) is 1. The molecule has 3 nitrogen and oxygen atoms in total. The van der Waals surface area contributed by atoms with E-state index in [1.54, 1.807) is 0 Å². The Hall–Kier alpha value is -0.730. The topological polar surface area (TPSA) is 52.3 Å². The fourth-order valence-corrected chi connectivity index (χ4v) is 0.851. The van der Waals surface area contributed by atoms with Crippen LogP contribution in [0, 0.1) is 5.92 Å². The molecular formula is C8H17NO2. The molecule has 0 aromatic rings. The molecule has 1 atom stereocenters. The van der Waals surface area contributed by atoms with Crippen LogP contribution in [0.15, 0.2) is 0 Å². The van der Waals surface area contributed by atoms with Gasteiger partial charge in [0.25, 0.3) is 0 Å². The van der Waals surface area contributed by atoms with Crippen molar-refractivity contribution in [1.29, 1.82) is 0 Å². The monoisotopic (exact) mass is 159 g/mol. The van der Waals surface area contributed by atoms with E-state index in [2.05, 4.69) is 6.92 Å². The molecule has 0 aromatic carbocycles. The first-order valence-electron chi connectivity index (χ1n) is 3.88. The third kappa shape index (κ3) is 3.25. The van der Waals surface area contributed by atoms with Crippen molar-refractivity contribution >= 4 is 6.09 Å². The van der Waals surface area contributed by atoms with E-state index in [1.165, 1.54) is 0 Å². The van der Waals surface area contributed by atoms with E-state index in [9.17, 15) is 4.79 Å². The Morgan fingerprint density at radius 1 is 1.64 bits per heavy atom. The summed E-state index contributed by atoms with van der Waals surface area (Å²) < 4.78 is 4.93. The van der Waals surface area contributed by atoms with Crippen molar-refractivity contribution in [3.8, 4) is 0 Å². The molecule has 0 rings (SSSR count). The lowest BCUT2D eigenvalue weighted by Crippen LogP contribution is -2.36. The van der Waals surface area contributed by atoms with Gasteiger partial charge in [0.2, 0.25) is 0 Å². The summed E-state index contributed by atoms with van der Waals surface area (Å²) in [5.41, 5.74) is 4.47. The first-order valence-corrected chi connectivity index (χ1v) is 3.88. The van der Waals surface area contributed by atoms with Gasteiger partial charge in [0, 0.05) is 0 Å². The highest BCUT2D eigenvalue weighted by Gasteiger charge is 2.27. The molecule has 0 radical (unpaired) electrons. The Morgan fingerprint density at radius 2 is 2.09 bits per heavy atom. The van der Waals surface area contributed by atoms with Crippen LogP contribution in [-0.2, 0) is 4.74 Å². The minimum Gasteiger partial charge on any atom is -0.443 e. The predicted molar refractivity (Wildman–Crippen MR) is 44.2 cm³/mol. The maximum absolute atomic E-state index is 10.4. The van der Waals surface area contributed by atoms with E-state index in [0.717, 1.165) is 6.42 Å². The van der Waals surface area contributed by atoms with Crippen molar-refractivity contribution < 1.29 is 9.53 Å². The molecule has 0 aliphatic carbocycles. The summed E-state index contributed by atoms with van der Waals surface area (Å²) in [6.07, 6.45) is 0.274. The number of carbonyl (C=O) groups excluding carboxylic acids is 1. The Bertz CT molecular complexity index is 143. The summed E-state index contributed by atoms with van der Waals surface area (Å²) in [4.78, 5) is 10.4. The van der Waals surface area contributed by atoms with Crippen LogP contribution in [0.1, 0.15) is 34.1 Å². The number of hydrogen-bond donors (Lipinski definition) is 1. The first-order chi connectivity index (χ1) is 4.90. The summed E-state index contributed by atoms with van der Waals surface area (Å²) in [5, 5.41) is 0. The van der Waals surface area contributed by atoms with Gasteiger partial charge in [-0.05, 0) is 26.2 Å². The molecule has 1 amide bonds. The molecular weight excluding hydrogens is 142 g/mol. The van der Waals surface area contributed by atoms with Crippen LogP contribution in [0.5, 0.6) is 0 Å². The van der Waals surface area contributed by atoms with Crippen LogP contribution in [0.2, 0.25) is 0 Å². The van der Waals surface area contributed by atoms with Gasteiger partial charge in [-0.3, -0.25) is 0 Å². The zero-order valence-corrected chi connectivity index (χ0v) is 7.68. The number of ether oxygens (including phenoxy) is 1. The maximum atomic E-state index is 10.4. The van der Waals surface area contributed by atoms with Crippen molar-refractivity contribution in [2.75, 3.05) is 0 Å². The van der Waals surface area contributed by atoms with Gasteiger partial charge in [-0.15, -0.1) is 0 Å². The van der Waals surface area contributed by atoms with Crippen LogP contribution < -0.4 is 5.73 Å². The minimum absolute atomic E-state index is 0.329. The molecule has 2 N–H and O–H groups in total. The summed E-state index contributed by atoms with van der Waals surface area (Å²) in [6.45, 7) is 7.82. The largest absolute Gasteiger partial charge is 0.443 e. The summed E-state index contributed by atoms with van der Waals surface area (Å²) in [5.74, 6) is 0.329. The summed E-state index contributed by atoms with van der Waals surface area (Å²) >= 11 is 0. The van der Waals surface area contributed by atoms with E-state index in [1.807, 2.05) is 20.8 Å². The van der Waals surface area contributed by atoms with Gasteiger partial charge in [0.15, 0.2) is 0 Å². The van der Waals surface area contributed by atoms with E-state index in [4.69, 9.17) is 10.5 Å². The average molecular weight is 159 g/mol. The lowest BCUT2D eigenvalue weighted by atomic mass is 9.90. The zero-order chi connectivity index (χ0) is 9.07. The van der Waals surface area contributed by atoms with E-state index >= 15 is 0 Å². The highest BCUT2D eigenvalue weighted by Crippen LogP contribution is 2.23. The van der Waals surface area contributed by atoms with E-state index < -0.39 is 11.7 Å². The van der Waals surface area contributed by atoms with Gasteiger partial charge < -0.3 is 10.5 Å². The quantitative estimate of drug-likeness (QED) is 0.683. The van der Waals surface area contributed by atoms with Gasteiger partial charge >= 0.3 is 6.09 Å². The molecule has 0 saturated heterocycles. The van der Waals surface area contributed by atoms with Crippen LogP contribution in [0.25, 0.3) is 0 Å². The van der Waals surface area contributed by atoms with Crippen molar-refractivity contribution in [1.82, 2.24) is 0 Å². The maximum Gasteiger partial charge on any atom is 0.405 e. The highest BCUT2D eigenvalue weighted by atomic mass is 16.6. The molecule has 0 spiro atoms. The summed E-state index contributed by atoms with van der Waals surface area (Å²) in [7, 11) is 0. The number of carbonyl (C=O) groups is 1. The molecule has 0 aliphatic rings. The summed E-state index contributed by atoms with van der Waals surface area (Å²) in [6, 6.07) is 0. The first kappa shape index (κ1) is 10.3. The normalized spacial score (nSPS) is 14.2. The number of primary amides is 1. The van der Waals surface area contributed by atoms with Gasteiger partial charge in [0.05, 0.1) is 0 Å². The number of hydrogen-bond acceptors (Lipinski definition) is 2. The Labute approximate surface area is 67.9 Å². The SMILES string of the molecule is CCC(C)C(C)(C)OC(N)=O. The number of amides is 1. The second kappa shape index (κ2) is 3.60. The minimum atomic E-state index is -0.699. The van der Waals surface area contributed by atoms with Crippen LogP contribution in [0.3, 0.4) is 0 Å². The van der Waals surface area contributed by atoms with Gasteiger partial charge in [-0.2, -0.15) is 0 Å². The van der Waals surface area contributed by atoms with Crippen LogP contribution in [-0.4, -0.2) is 11.7 Å². The third-order valence-corrected chi connectivity index (χ3v) is 2.16. The van der Waals surface area contributed by atoms with Crippen molar-refractivity contribution in [2.24, 2.45) is 11.7 Å². The van der Waals surface area contributed by atoms with E-state index in [-0.39, 0.29) is 0 Å². The Balaban J connectivity index is 4.08. The fraction of sp³-hybridized carbons (Fsp3) is 0.875. The molecule has 0 heterocycles. The molecule has 0 fully saturated rings. The lowest BCUT2D eigenvalue weighted by molar-refractivity contribution is 0.00355. The standard InChI is InChI=1S/C8H17NO2/c1-5-6(2)8(3,4)11-7(9)10/h6H,5H2,1-4H3,(H2,9,10). The second-order valence-electron chi connectivity index (χ2n) is 3.33. The number of rotatable bonds is 3. The van der Waals surface area contributed by atoms with Crippen molar-refractivity contribution in [3.63, 3.8) is 0 Å². The molecule has 11 heavy (non-hydrogen) atoms. The Morgan fingerprint density at radius 3 is 2.36 bits per heavy atom. The lowest BCUT2D eigenvalue weighted by Gasteiger charge is -2.29. The van der Waals surface area contributed by atoms with Gasteiger partial charge in [0.1, 0.15) is 5.60 Å². The molecule has 0 saturated carbocycles. The smallest absolute Gasteiger partial charge is 0.405 e. The zero-order valence-electron chi connectivity index (χ0n) is 7.68. The Kier molecular flexibility index (Phi) is 3.36. The van der Waals surface area contributed by atoms with Crippen molar-refractivity contribution in [2.45, 2.75) is 39.7 Å². The highest BCUT2D eigenvalue weighted by molar-refractivity contribution is 5.65. The van der Waals surface area contributed by atoms with E-state index in [0.29, 0.717) is 5.92 Å². The van der Waals surface area contributed by atoms with Gasteiger partial charge in [-0.25, -0.2) is 4.79 Å². The third-order valence-electron chi connectivity index (χ3n) is 2.16. The van der Waals surface area contributed by atoms with Gasteiger partial charge in [-0.1, -0.05) is 13.8 Å². The predicted octanol–water partition coefficient (Wildman–Crippen LogP) is 1.91. The molecule has 66 valence electrons. The molecule has 1 unspecified atom stereocenters. The average Bonchev–Trinajstić information content (AvgIpc) is 1.83. The van der Waals surface area contributed by atoms with Crippen molar-refractivity contribution in [3.05, 3.63) is 0 Å². The van der Waals surface area contributed by atoms with Crippen LogP contribution in [0.4, 0.5) is 4.79 Å². The molecule has 0 bridgehead atoms. The fourth-order valence-electron chi connectivity index (χ4n) is 0.851. The second-order valence-corrected chi connectivity index (χ2v) is 3.33. The molecule has 3 heteroatoms. The molecule has 0 aliphatic heterocycles.